The van der Waals surface area contributed by atoms with Crippen molar-refractivity contribution in [3.05, 3.63) is 0 Å². The Balaban J connectivity index is 1.97. The minimum absolute atomic E-state index is 0.140. The van der Waals surface area contributed by atoms with Crippen LogP contribution in [0.4, 0.5) is 0 Å². The van der Waals surface area contributed by atoms with Gasteiger partial charge >= 0.3 is 17.9 Å². The Kier molecular flexibility index (Phi) is 4.24. The van der Waals surface area contributed by atoms with Crippen molar-refractivity contribution in [2.45, 2.75) is 51.5 Å². The molecule has 0 unspecified atom stereocenters. The Bertz CT molecular complexity index is 420. The summed E-state index contributed by atoms with van der Waals surface area (Å²) in [6.45, 7) is 3.61. The van der Waals surface area contributed by atoms with Crippen molar-refractivity contribution >= 4 is 17.9 Å². The van der Waals surface area contributed by atoms with Gasteiger partial charge in [-0.1, -0.05) is 0 Å². The maximum absolute atomic E-state index is 11.1. The van der Waals surface area contributed by atoms with Gasteiger partial charge in [-0.3, -0.25) is 14.4 Å². The van der Waals surface area contributed by atoms with Gasteiger partial charge < -0.3 is 23.7 Å². The van der Waals surface area contributed by atoms with Crippen molar-refractivity contribution < 1.29 is 38.1 Å². The first kappa shape index (κ1) is 14.7. The van der Waals surface area contributed by atoms with E-state index in [2.05, 4.69) is 0 Å². The molecule has 0 aromatic heterocycles. The van der Waals surface area contributed by atoms with Crippen molar-refractivity contribution in [3.63, 3.8) is 0 Å². The van der Waals surface area contributed by atoms with Crippen LogP contribution in [0.3, 0.4) is 0 Å². The molecule has 8 heteroatoms. The van der Waals surface area contributed by atoms with Gasteiger partial charge in [0, 0.05) is 20.8 Å². The number of hydrogen-bond donors (Lipinski definition) is 0. The lowest BCUT2D eigenvalue weighted by atomic mass is 10.1. The van der Waals surface area contributed by atoms with Crippen LogP contribution in [0.15, 0.2) is 0 Å². The number of esters is 3. The van der Waals surface area contributed by atoms with Crippen LogP contribution in [0.2, 0.25) is 0 Å². The van der Waals surface area contributed by atoms with Gasteiger partial charge in [0.25, 0.3) is 0 Å². The molecule has 2 aliphatic heterocycles. The maximum Gasteiger partial charge on any atom is 0.305 e. The molecule has 2 aliphatic rings. The monoisotopic (exact) mass is 288 g/mol. The smallest absolute Gasteiger partial charge is 0.305 e. The van der Waals surface area contributed by atoms with E-state index in [9.17, 15) is 14.4 Å². The van der Waals surface area contributed by atoms with Crippen LogP contribution >= 0.6 is 0 Å². The summed E-state index contributed by atoms with van der Waals surface area (Å²) in [6.07, 6.45) is -2.95. The number of hydrogen-bond acceptors (Lipinski definition) is 8. The van der Waals surface area contributed by atoms with E-state index in [1.807, 2.05) is 0 Å². The number of ether oxygens (including phenoxy) is 5. The van der Waals surface area contributed by atoms with E-state index in [-0.39, 0.29) is 18.8 Å². The minimum atomic E-state index is -0.821. The summed E-state index contributed by atoms with van der Waals surface area (Å²) in [4.78, 5) is 32.9. The molecule has 0 saturated carbocycles. The normalized spacial score (nSPS) is 31.9. The summed E-state index contributed by atoms with van der Waals surface area (Å²) in [7, 11) is 0. The SMILES string of the molecule is CC(=O)OC[C@@H](OC(C)=O)[C@H]1O[C@@H](OC(C)=O)[C@@H]2O[C@@H]21. The number of rotatable bonds is 5. The Morgan fingerprint density at radius 3 is 2.25 bits per heavy atom. The molecule has 0 N–H and O–H groups in total. The molecule has 0 amide bonds. The zero-order valence-electron chi connectivity index (χ0n) is 11.4. The van der Waals surface area contributed by atoms with E-state index in [4.69, 9.17) is 23.7 Å². The summed E-state index contributed by atoms with van der Waals surface area (Å²) in [5.41, 5.74) is 0. The van der Waals surface area contributed by atoms with Gasteiger partial charge in [-0.15, -0.1) is 0 Å². The third-order valence-electron chi connectivity index (χ3n) is 2.86. The minimum Gasteiger partial charge on any atom is -0.462 e. The Labute approximate surface area is 115 Å². The van der Waals surface area contributed by atoms with Gasteiger partial charge in [-0.05, 0) is 0 Å². The summed E-state index contributed by atoms with van der Waals surface area (Å²) < 4.78 is 25.7. The van der Waals surface area contributed by atoms with Gasteiger partial charge in [0.15, 0.2) is 6.10 Å². The van der Waals surface area contributed by atoms with Crippen molar-refractivity contribution in [1.82, 2.24) is 0 Å². The van der Waals surface area contributed by atoms with E-state index in [1.165, 1.54) is 20.8 Å². The fourth-order valence-electron chi connectivity index (χ4n) is 2.10. The van der Waals surface area contributed by atoms with E-state index in [0.717, 1.165) is 0 Å². The first-order valence-corrected chi connectivity index (χ1v) is 6.17. The maximum atomic E-state index is 11.1. The second kappa shape index (κ2) is 5.76. The van der Waals surface area contributed by atoms with Gasteiger partial charge in [0.05, 0.1) is 0 Å². The topological polar surface area (TPSA) is 101 Å². The number of epoxide rings is 1. The van der Waals surface area contributed by atoms with Crippen molar-refractivity contribution in [1.29, 1.82) is 0 Å². The molecule has 2 rings (SSSR count). The largest absolute Gasteiger partial charge is 0.462 e. The lowest BCUT2D eigenvalue weighted by Crippen LogP contribution is -2.40. The van der Waals surface area contributed by atoms with Crippen LogP contribution in [0.1, 0.15) is 20.8 Å². The molecule has 2 heterocycles. The molecule has 0 bridgehead atoms. The van der Waals surface area contributed by atoms with E-state index < -0.39 is 36.4 Å². The molecule has 20 heavy (non-hydrogen) atoms. The third-order valence-corrected chi connectivity index (χ3v) is 2.86. The first-order chi connectivity index (χ1) is 9.38. The molecular formula is C12H16O8. The standard InChI is InChI=1S/C12H16O8/c1-5(13)16-4-8(17-6(2)14)9-10-11(19-10)12(20-9)18-7(3)15/h8-12H,4H2,1-3H3/t8-,9-,10-,11-,12-/m1/s1. The van der Waals surface area contributed by atoms with E-state index >= 15 is 0 Å². The van der Waals surface area contributed by atoms with Gasteiger partial charge in [-0.2, -0.15) is 0 Å². The highest BCUT2D eigenvalue weighted by atomic mass is 16.8. The summed E-state index contributed by atoms with van der Waals surface area (Å²) in [6, 6.07) is 0. The first-order valence-electron chi connectivity index (χ1n) is 6.17. The molecule has 2 fully saturated rings. The average molecular weight is 288 g/mol. The molecule has 8 nitrogen and oxygen atoms in total. The summed E-state index contributed by atoms with van der Waals surface area (Å²) in [5, 5.41) is 0. The molecule has 112 valence electrons. The van der Waals surface area contributed by atoms with Gasteiger partial charge in [0.1, 0.15) is 24.9 Å². The Morgan fingerprint density at radius 2 is 1.70 bits per heavy atom. The van der Waals surface area contributed by atoms with Crippen molar-refractivity contribution in [3.8, 4) is 0 Å². The molecule has 5 atom stereocenters. The Morgan fingerprint density at radius 1 is 1.00 bits per heavy atom. The predicted octanol–water partition coefficient (Wildman–Crippen LogP) is -0.463. The van der Waals surface area contributed by atoms with Crippen LogP contribution in [0.25, 0.3) is 0 Å². The lowest BCUT2D eigenvalue weighted by Gasteiger charge is -2.24. The van der Waals surface area contributed by atoms with Crippen molar-refractivity contribution in [2.75, 3.05) is 6.61 Å². The lowest BCUT2D eigenvalue weighted by molar-refractivity contribution is -0.208. The highest BCUT2D eigenvalue weighted by molar-refractivity contribution is 5.67. The van der Waals surface area contributed by atoms with E-state index in [1.54, 1.807) is 0 Å². The molecule has 0 aromatic rings. The van der Waals surface area contributed by atoms with Crippen LogP contribution in [0, 0.1) is 0 Å². The molecular weight excluding hydrogens is 272 g/mol. The highest BCUT2D eigenvalue weighted by Gasteiger charge is 2.62. The molecule has 0 aliphatic carbocycles. The van der Waals surface area contributed by atoms with Crippen molar-refractivity contribution in [2.24, 2.45) is 0 Å². The quantitative estimate of drug-likeness (QED) is 0.380. The predicted molar refractivity (Wildman–Crippen MR) is 61.3 cm³/mol. The van der Waals surface area contributed by atoms with Crippen LogP contribution in [-0.2, 0) is 38.1 Å². The average Bonchev–Trinajstić information content (AvgIpc) is 3.03. The second-order valence-corrected chi connectivity index (χ2v) is 4.59. The zero-order valence-corrected chi connectivity index (χ0v) is 11.4. The van der Waals surface area contributed by atoms with Crippen LogP contribution < -0.4 is 0 Å². The van der Waals surface area contributed by atoms with Crippen LogP contribution in [-0.4, -0.2) is 55.2 Å². The molecule has 0 aromatic carbocycles. The summed E-state index contributed by atoms with van der Waals surface area (Å²) >= 11 is 0. The summed E-state index contributed by atoms with van der Waals surface area (Å²) in [5.74, 6) is -1.52. The van der Waals surface area contributed by atoms with E-state index in [0.29, 0.717) is 0 Å². The molecule has 0 radical (unpaired) electrons. The number of carbonyl (C=O) groups excluding carboxylic acids is 3. The molecule has 2 saturated heterocycles. The Hall–Kier alpha value is -1.67. The van der Waals surface area contributed by atoms with Gasteiger partial charge in [0.2, 0.25) is 6.29 Å². The highest BCUT2D eigenvalue weighted by Crippen LogP contribution is 2.41. The molecule has 0 spiro atoms. The number of fused-ring (bicyclic) bond motifs is 1. The fourth-order valence-corrected chi connectivity index (χ4v) is 2.10. The number of carbonyl (C=O) groups is 3. The zero-order chi connectivity index (χ0) is 14.9. The fraction of sp³-hybridized carbons (Fsp3) is 0.750. The third kappa shape index (κ3) is 3.45. The van der Waals surface area contributed by atoms with Gasteiger partial charge in [-0.25, -0.2) is 0 Å². The van der Waals surface area contributed by atoms with Crippen LogP contribution in [0.5, 0.6) is 0 Å². The second-order valence-electron chi connectivity index (χ2n) is 4.59.